The van der Waals surface area contributed by atoms with E-state index in [0.29, 0.717) is 12.5 Å². The van der Waals surface area contributed by atoms with Gasteiger partial charge in [-0.1, -0.05) is 19.4 Å². The minimum Gasteiger partial charge on any atom is -0.396 e. The van der Waals surface area contributed by atoms with Crippen LogP contribution in [0.25, 0.3) is 0 Å². The van der Waals surface area contributed by atoms with E-state index in [1.54, 1.807) is 0 Å². The molecule has 27 heavy (non-hydrogen) atoms. The molecule has 1 aliphatic rings. The number of rotatable bonds is 10. The van der Waals surface area contributed by atoms with Crippen molar-refractivity contribution >= 4 is 35.8 Å². The van der Waals surface area contributed by atoms with Crippen LogP contribution in [0.5, 0.6) is 0 Å². The van der Waals surface area contributed by atoms with E-state index in [4.69, 9.17) is 0 Å². The van der Waals surface area contributed by atoms with Gasteiger partial charge in [-0.3, -0.25) is 0 Å². The fourth-order valence-electron chi connectivity index (χ4n) is 3.34. The second kappa shape index (κ2) is 14.0. The van der Waals surface area contributed by atoms with E-state index in [2.05, 4.69) is 51.5 Å². The number of aromatic nitrogens is 1. The van der Waals surface area contributed by atoms with E-state index in [1.807, 2.05) is 6.20 Å². The fourth-order valence-corrected chi connectivity index (χ4v) is 3.34. The predicted octanol–water partition coefficient (Wildman–Crippen LogP) is 3.15. The van der Waals surface area contributed by atoms with Gasteiger partial charge in [-0.15, -0.1) is 24.0 Å². The van der Waals surface area contributed by atoms with E-state index in [0.717, 1.165) is 62.8 Å². The van der Waals surface area contributed by atoms with Gasteiger partial charge in [0.1, 0.15) is 5.82 Å². The molecule has 0 aromatic carbocycles. The smallest absolute Gasteiger partial charge is 0.191 e. The topological polar surface area (TPSA) is 72.8 Å². The first-order chi connectivity index (χ1) is 12.8. The van der Waals surface area contributed by atoms with Crippen LogP contribution in [0.1, 0.15) is 51.5 Å². The summed E-state index contributed by atoms with van der Waals surface area (Å²) in [6.07, 6.45) is 7.56. The first-order valence-electron chi connectivity index (χ1n) is 10.1. The molecule has 0 amide bonds. The Labute approximate surface area is 181 Å². The molecular weight excluding hydrogens is 453 g/mol. The summed E-state index contributed by atoms with van der Waals surface area (Å²) in [7, 11) is 0. The number of hydrogen-bond acceptors (Lipinski definition) is 4. The maximum Gasteiger partial charge on any atom is 0.191 e. The van der Waals surface area contributed by atoms with Crippen molar-refractivity contribution in [1.82, 2.24) is 15.6 Å². The Balaban J connectivity index is 0.00000364. The molecule has 1 atom stereocenters. The Kier molecular flexibility index (Phi) is 12.4. The van der Waals surface area contributed by atoms with Gasteiger partial charge in [0, 0.05) is 39.0 Å². The number of nitrogens with zero attached hydrogens (tertiary/aromatic N) is 3. The van der Waals surface area contributed by atoms with Crippen molar-refractivity contribution in [3.63, 3.8) is 0 Å². The Morgan fingerprint density at radius 3 is 2.59 bits per heavy atom. The van der Waals surface area contributed by atoms with Crippen LogP contribution in [0.4, 0.5) is 5.82 Å². The summed E-state index contributed by atoms with van der Waals surface area (Å²) in [5.74, 6) is 2.39. The van der Waals surface area contributed by atoms with E-state index < -0.39 is 0 Å². The highest BCUT2D eigenvalue weighted by Crippen LogP contribution is 2.17. The summed E-state index contributed by atoms with van der Waals surface area (Å²) in [6.45, 7) is 9.01. The molecular formula is C20H36IN5O. The third-order valence-electron chi connectivity index (χ3n) is 4.80. The second-order valence-corrected chi connectivity index (χ2v) is 6.96. The molecule has 0 spiro atoms. The minimum absolute atomic E-state index is 0. The van der Waals surface area contributed by atoms with Crippen molar-refractivity contribution in [2.75, 3.05) is 37.7 Å². The molecule has 1 aromatic heterocycles. The van der Waals surface area contributed by atoms with Crippen molar-refractivity contribution in [3.8, 4) is 0 Å². The van der Waals surface area contributed by atoms with Crippen molar-refractivity contribution in [1.29, 1.82) is 0 Å². The highest BCUT2D eigenvalue weighted by atomic mass is 127. The quantitative estimate of drug-likeness (QED) is 0.268. The molecule has 3 N–H and O–H groups in total. The van der Waals surface area contributed by atoms with Gasteiger partial charge < -0.3 is 20.6 Å². The molecule has 1 aromatic rings. The number of aliphatic hydroxyl groups excluding tert-OH is 1. The summed E-state index contributed by atoms with van der Waals surface area (Å²) in [5.41, 5.74) is 1.12. The van der Waals surface area contributed by atoms with Crippen LogP contribution in [0.15, 0.2) is 23.3 Å². The number of guanidine groups is 1. The molecule has 1 unspecified atom stereocenters. The summed E-state index contributed by atoms with van der Waals surface area (Å²) in [5, 5.41) is 15.9. The fraction of sp³-hybridized carbons (Fsp3) is 0.700. The lowest BCUT2D eigenvalue weighted by Crippen LogP contribution is -2.40. The van der Waals surface area contributed by atoms with Gasteiger partial charge in [0.2, 0.25) is 0 Å². The lowest BCUT2D eigenvalue weighted by Gasteiger charge is -2.18. The first-order valence-corrected chi connectivity index (χ1v) is 10.1. The average molecular weight is 489 g/mol. The number of nitrogens with one attached hydrogen (secondary N) is 2. The van der Waals surface area contributed by atoms with Crippen LogP contribution in [0.3, 0.4) is 0 Å². The molecule has 2 heterocycles. The van der Waals surface area contributed by atoms with Gasteiger partial charge in [0.05, 0.1) is 6.54 Å². The minimum atomic E-state index is 0. The third-order valence-corrected chi connectivity index (χ3v) is 4.80. The lowest BCUT2D eigenvalue weighted by atomic mass is 10.0. The molecule has 6 nitrogen and oxygen atoms in total. The molecule has 154 valence electrons. The highest BCUT2D eigenvalue weighted by Gasteiger charge is 2.13. The molecule has 1 fully saturated rings. The van der Waals surface area contributed by atoms with Gasteiger partial charge in [-0.2, -0.15) is 0 Å². The molecule has 1 saturated heterocycles. The highest BCUT2D eigenvalue weighted by molar-refractivity contribution is 14.0. The van der Waals surface area contributed by atoms with Crippen molar-refractivity contribution < 1.29 is 5.11 Å². The van der Waals surface area contributed by atoms with E-state index in [1.165, 1.54) is 12.8 Å². The van der Waals surface area contributed by atoms with Gasteiger partial charge >= 0.3 is 0 Å². The summed E-state index contributed by atoms with van der Waals surface area (Å²) < 4.78 is 0. The second-order valence-electron chi connectivity index (χ2n) is 6.96. The van der Waals surface area contributed by atoms with Crippen molar-refractivity contribution in [2.45, 2.75) is 52.5 Å². The van der Waals surface area contributed by atoms with Gasteiger partial charge in [-0.25, -0.2) is 9.98 Å². The van der Waals surface area contributed by atoms with Crippen LogP contribution in [-0.2, 0) is 6.54 Å². The van der Waals surface area contributed by atoms with Gasteiger partial charge in [0.15, 0.2) is 5.96 Å². The summed E-state index contributed by atoms with van der Waals surface area (Å²) >= 11 is 0. The number of anilines is 1. The number of halogens is 1. The average Bonchev–Trinajstić information content (AvgIpc) is 3.19. The van der Waals surface area contributed by atoms with Crippen LogP contribution in [0.2, 0.25) is 0 Å². The first kappa shape index (κ1) is 23.9. The van der Waals surface area contributed by atoms with Crippen molar-refractivity contribution in [2.24, 2.45) is 10.9 Å². The predicted molar refractivity (Wildman–Crippen MR) is 124 cm³/mol. The standard InChI is InChI=1S/C20H35N5O.HI/c1-3-7-17(10-13-26)14-23-20(21-4-2)24-16-18-8-9-19(22-15-18)25-11-5-6-12-25;/h8-9,15,17,26H,3-7,10-14,16H2,1-2H3,(H2,21,23,24);1H. The molecule has 0 saturated carbocycles. The van der Waals surface area contributed by atoms with Crippen LogP contribution >= 0.6 is 24.0 Å². The molecule has 7 heteroatoms. The zero-order valence-electron chi connectivity index (χ0n) is 16.8. The summed E-state index contributed by atoms with van der Waals surface area (Å²) in [6, 6.07) is 4.23. The normalized spacial score (nSPS) is 15.4. The zero-order valence-corrected chi connectivity index (χ0v) is 19.1. The molecule has 0 aliphatic carbocycles. The van der Waals surface area contributed by atoms with Crippen molar-refractivity contribution in [3.05, 3.63) is 23.9 Å². The summed E-state index contributed by atoms with van der Waals surface area (Å²) in [4.78, 5) is 11.6. The van der Waals surface area contributed by atoms with Gasteiger partial charge in [0.25, 0.3) is 0 Å². The van der Waals surface area contributed by atoms with Crippen LogP contribution in [-0.4, -0.2) is 48.8 Å². The molecule has 0 radical (unpaired) electrons. The Morgan fingerprint density at radius 2 is 2.00 bits per heavy atom. The monoisotopic (exact) mass is 489 g/mol. The zero-order chi connectivity index (χ0) is 18.6. The van der Waals surface area contributed by atoms with E-state index >= 15 is 0 Å². The molecule has 1 aliphatic heterocycles. The maximum absolute atomic E-state index is 9.20. The SMILES string of the molecule is CCCC(CCO)CNC(=NCc1ccc(N2CCCC2)nc1)NCC.I. The van der Waals surface area contributed by atoms with E-state index in [9.17, 15) is 5.11 Å². The Bertz CT molecular complexity index is 526. The molecule has 2 rings (SSSR count). The Morgan fingerprint density at radius 1 is 1.22 bits per heavy atom. The van der Waals surface area contributed by atoms with Crippen LogP contribution in [0, 0.1) is 5.92 Å². The van der Waals surface area contributed by atoms with Gasteiger partial charge in [-0.05, 0) is 50.2 Å². The lowest BCUT2D eigenvalue weighted by molar-refractivity contribution is 0.251. The Hall–Kier alpha value is -1.09. The van der Waals surface area contributed by atoms with Crippen LogP contribution < -0.4 is 15.5 Å². The molecule has 0 bridgehead atoms. The van der Waals surface area contributed by atoms with E-state index in [-0.39, 0.29) is 30.6 Å². The third kappa shape index (κ3) is 8.64. The number of aliphatic imine (C=N–C) groups is 1. The number of aliphatic hydroxyl groups is 1. The largest absolute Gasteiger partial charge is 0.396 e. The number of hydrogen-bond donors (Lipinski definition) is 3. The maximum atomic E-state index is 9.20. The number of pyridine rings is 1.